The van der Waals surface area contributed by atoms with E-state index >= 15 is 0 Å². The molecule has 86 valence electrons. The van der Waals surface area contributed by atoms with Gasteiger partial charge in [-0.3, -0.25) is 0 Å². The van der Waals surface area contributed by atoms with Gasteiger partial charge in [-0.15, -0.1) is 0 Å². The number of hydrogen-bond acceptors (Lipinski definition) is 0. The van der Waals surface area contributed by atoms with Gasteiger partial charge in [0, 0.05) is 0 Å². The zero-order valence-corrected chi connectivity index (χ0v) is 12.3. The minimum atomic E-state index is -1.59. The number of hydrogen-bond donors (Lipinski definition) is 0. The van der Waals surface area contributed by atoms with Crippen LogP contribution in [0.5, 0.6) is 0 Å². The van der Waals surface area contributed by atoms with E-state index in [0.29, 0.717) is 0 Å². The zero-order chi connectivity index (χ0) is 11.6. The normalized spacial score (nSPS) is 19.6. The Kier molecular flexibility index (Phi) is 4.41. The average Bonchev–Trinajstić information content (AvgIpc) is 2.13. The van der Waals surface area contributed by atoms with E-state index in [2.05, 4.69) is 54.6 Å². The third-order valence-corrected chi connectivity index (χ3v) is 10.7. The first-order chi connectivity index (χ1) is 6.15. The fourth-order valence-electron chi connectivity index (χ4n) is 1.91. The van der Waals surface area contributed by atoms with Gasteiger partial charge in [0.1, 0.15) is 0 Å². The molecule has 0 bridgehead atoms. The molecular formula is C13H29P. The van der Waals surface area contributed by atoms with Gasteiger partial charge in [-0.05, 0) is 0 Å². The van der Waals surface area contributed by atoms with E-state index < -0.39 is 6.60 Å². The molecule has 0 saturated heterocycles. The Bertz CT molecular complexity index is 227. The van der Waals surface area contributed by atoms with Gasteiger partial charge < -0.3 is 0 Å². The molecule has 0 amide bonds. The van der Waals surface area contributed by atoms with Crippen LogP contribution in [-0.2, 0) is 0 Å². The molecule has 0 aromatic carbocycles. The quantitative estimate of drug-likeness (QED) is 0.584. The van der Waals surface area contributed by atoms with Gasteiger partial charge in [-0.2, -0.15) is 0 Å². The summed E-state index contributed by atoms with van der Waals surface area (Å²) in [5.74, 6) is 0. The van der Waals surface area contributed by atoms with Gasteiger partial charge in [0.25, 0.3) is 0 Å². The fraction of sp³-hybridized carbons (Fsp3) is 0.846. The second kappa shape index (κ2) is 4.35. The first-order valence-electron chi connectivity index (χ1n) is 5.83. The van der Waals surface area contributed by atoms with Gasteiger partial charge in [0.15, 0.2) is 0 Å². The molecule has 0 aliphatic heterocycles. The van der Waals surface area contributed by atoms with Crippen molar-refractivity contribution in [2.75, 3.05) is 20.0 Å². The van der Waals surface area contributed by atoms with Crippen molar-refractivity contribution < 1.29 is 0 Å². The molecule has 0 N–H and O–H groups in total. The molecule has 14 heavy (non-hydrogen) atoms. The van der Waals surface area contributed by atoms with E-state index in [9.17, 15) is 0 Å². The van der Waals surface area contributed by atoms with Crippen molar-refractivity contribution in [2.45, 2.75) is 53.1 Å². The van der Waals surface area contributed by atoms with Crippen LogP contribution >= 0.6 is 6.60 Å². The van der Waals surface area contributed by atoms with Crippen LogP contribution in [0.1, 0.15) is 47.5 Å². The van der Waals surface area contributed by atoms with Crippen LogP contribution in [0.4, 0.5) is 0 Å². The Hall–Kier alpha value is 0.170. The van der Waals surface area contributed by atoms with E-state index in [4.69, 9.17) is 0 Å². The van der Waals surface area contributed by atoms with Crippen molar-refractivity contribution >= 4 is 6.60 Å². The summed E-state index contributed by atoms with van der Waals surface area (Å²) in [7, 11) is 0. The monoisotopic (exact) mass is 216 g/mol. The number of rotatable bonds is 4. The molecule has 1 unspecified atom stereocenters. The van der Waals surface area contributed by atoms with E-state index in [1.165, 1.54) is 12.8 Å². The third-order valence-electron chi connectivity index (χ3n) is 4.48. The second-order valence-corrected chi connectivity index (χ2v) is 13.3. The van der Waals surface area contributed by atoms with E-state index in [1.807, 2.05) is 0 Å². The molecular weight excluding hydrogens is 187 g/mol. The molecule has 0 aromatic rings. The van der Waals surface area contributed by atoms with E-state index in [-0.39, 0.29) is 0 Å². The molecule has 1 heteroatoms. The SMILES string of the molecule is CC/C(C)=C(\C)P(C)(C)(C)C(C)CC. The molecule has 0 heterocycles. The summed E-state index contributed by atoms with van der Waals surface area (Å²) in [4.78, 5) is 0. The van der Waals surface area contributed by atoms with Crippen molar-refractivity contribution in [1.29, 1.82) is 0 Å². The molecule has 0 nitrogen and oxygen atoms in total. The van der Waals surface area contributed by atoms with Crippen LogP contribution in [-0.4, -0.2) is 25.7 Å². The van der Waals surface area contributed by atoms with Gasteiger partial charge in [-0.1, -0.05) is 0 Å². The Morgan fingerprint density at radius 2 is 1.50 bits per heavy atom. The van der Waals surface area contributed by atoms with Crippen molar-refractivity contribution in [3.05, 3.63) is 10.9 Å². The van der Waals surface area contributed by atoms with Gasteiger partial charge in [0.2, 0.25) is 0 Å². The fourth-order valence-corrected chi connectivity index (χ4v) is 5.37. The topological polar surface area (TPSA) is 0 Å². The predicted octanol–water partition coefficient (Wildman–Crippen LogP) is 4.93. The molecule has 0 aliphatic rings. The predicted molar refractivity (Wildman–Crippen MR) is 73.1 cm³/mol. The molecule has 0 saturated carbocycles. The summed E-state index contributed by atoms with van der Waals surface area (Å²) in [6, 6.07) is 0. The maximum atomic E-state index is 2.52. The summed E-state index contributed by atoms with van der Waals surface area (Å²) < 4.78 is 0. The Morgan fingerprint density at radius 1 is 1.07 bits per heavy atom. The maximum absolute atomic E-state index is 2.52. The van der Waals surface area contributed by atoms with Crippen molar-refractivity contribution in [2.24, 2.45) is 0 Å². The molecule has 0 spiro atoms. The zero-order valence-electron chi connectivity index (χ0n) is 11.4. The van der Waals surface area contributed by atoms with Crippen molar-refractivity contribution in [1.82, 2.24) is 0 Å². The second-order valence-electron chi connectivity index (χ2n) is 5.89. The summed E-state index contributed by atoms with van der Waals surface area (Å²) >= 11 is 0. The van der Waals surface area contributed by atoms with Crippen molar-refractivity contribution in [3.8, 4) is 0 Å². The van der Waals surface area contributed by atoms with Crippen LogP contribution in [0.2, 0.25) is 0 Å². The standard InChI is InChI=1S/C13H29P/c1-9-11(3)13(5)14(6,7,8)12(4)10-2/h12H,9-10H2,1-8H3/b13-11+. The van der Waals surface area contributed by atoms with E-state index in [1.54, 1.807) is 10.9 Å². The van der Waals surface area contributed by atoms with Gasteiger partial charge in [-0.25, -0.2) is 0 Å². The molecule has 1 atom stereocenters. The Morgan fingerprint density at radius 3 is 1.79 bits per heavy atom. The minimum absolute atomic E-state index is 0.850. The van der Waals surface area contributed by atoms with Gasteiger partial charge >= 0.3 is 90.6 Å². The van der Waals surface area contributed by atoms with Crippen LogP contribution < -0.4 is 0 Å². The van der Waals surface area contributed by atoms with Crippen LogP contribution in [0, 0.1) is 0 Å². The molecule has 0 aromatic heterocycles. The molecule has 0 radical (unpaired) electrons. The summed E-state index contributed by atoms with van der Waals surface area (Å²) in [6.07, 6.45) is 2.51. The summed E-state index contributed by atoms with van der Waals surface area (Å²) in [6.45, 7) is 17.6. The van der Waals surface area contributed by atoms with Gasteiger partial charge in [0.05, 0.1) is 0 Å². The van der Waals surface area contributed by atoms with Crippen molar-refractivity contribution in [3.63, 3.8) is 0 Å². The first-order valence-corrected chi connectivity index (χ1v) is 9.47. The Labute approximate surface area is 91.1 Å². The third kappa shape index (κ3) is 2.60. The van der Waals surface area contributed by atoms with Crippen LogP contribution in [0.15, 0.2) is 10.9 Å². The van der Waals surface area contributed by atoms with Crippen LogP contribution in [0.25, 0.3) is 0 Å². The van der Waals surface area contributed by atoms with Crippen LogP contribution in [0.3, 0.4) is 0 Å². The average molecular weight is 216 g/mol. The first kappa shape index (κ1) is 14.2. The molecule has 0 aliphatic carbocycles. The van der Waals surface area contributed by atoms with E-state index in [0.717, 1.165) is 5.66 Å². The molecule has 0 rings (SSSR count). The Balaban J connectivity index is 5.30. The summed E-state index contributed by atoms with van der Waals surface area (Å²) in [5, 5.41) is 1.70. The summed E-state index contributed by atoms with van der Waals surface area (Å²) in [5.41, 5.74) is 2.46. The molecule has 0 fully saturated rings. The number of allylic oxidation sites excluding steroid dienone is 2.